The summed E-state index contributed by atoms with van der Waals surface area (Å²) >= 11 is 0. The molecule has 0 fully saturated rings. The van der Waals surface area contributed by atoms with Gasteiger partial charge in [0.25, 0.3) is 5.89 Å². The van der Waals surface area contributed by atoms with Gasteiger partial charge in [-0.3, -0.25) is 0 Å². The zero-order valence-corrected chi connectivity index (χ0v) is 11.2. The summed E-state index contributed by atoms with van der Waals surface area (Å²) in [6.45, 7) is 2.10. The number of anilines is 1. The van der Waals surface area contributed by atoms with Crippen molar-refractivity contribution < 1.29 is 4.52 Å². The molecule has 4 nitrogen and oxygen atoms in total. The molecule has 2 N–H and O–H groups in total. The van der Waals surface area contributed by atoms with Gasteiger partial charge in [0.05, 0.1) is 0 Å². The van der Waals surface area contributed by atoms with Gasteiger partial charge in [0, 0.05) is 16.8 Å². The van der Waals surface area contributed by atoms with Crippen LogP contribution < -0.4 is 5.73 Å². The van der Waals surface area contributed by atoms with Gasteiger partial charge in [0.15, 0.2) is 0 Å². The van der Waals surface area contributed by atoms with Crippen LogP contribution in [0.1, 0.15) is 12.5 Å². The van der Waals surface area contributed by atoms with E-state index >= 15 is 0 Å². The first kappa shape index (κ1) is 12.4. The maximum atomic E-state index is 5.93. The van der Waals surface area contributed by atoms with Crippen LogP contribution in [0.5, 0.6) is 0 Å². The highest BCUT2D eigenvalue weighted by Crippen LogP contribution is 2.27. The van der Waals surface area contributed by atoms with Crippen molar-refractivity contribution in [2.24, 2.45) is 0 Å². The average molecular weight is 265 g/mol. The fraction of sp³-hybridized carbons (Fsp3) is 0.125. The summed E-state index contributed by atoms with van der Waals surface area (Å²) in [5.41, 5.74) is 9.52. The predicted molar refractivity (Wildman–Crippen MR) is 79.0 cm³/mol. The van der Waals surface area contributed by atoms with E-state index in [2.05, 4.69) is 23.1 Å². The van der Waals surface area contributed by atoms with Gasteiger partial charge < -0.3 is 10.3 Å². The number of hydrogen-bond acceptors (Lipinski definition) is 4. The molecule has 20 heavy (non-hydrogen) atoms. The standard InChI is InChI=1S/C16H15N3O/c1-2-11-7-3-4-8-12(11)16-18-15(19-20-16)13-9-5-6-10-14(13)17/h3-10H,2,17H2,1H3. The number of nitrogens with zero attached hydrogens (tertiary/aromatic N) is 2. The van der Waals surface area contributed by atoms with Crippen molar-refractivity contribution in [2.75, 3.05) is 5.73 Å². The normalized spacial score (nSPS) is 10.7. The van der Waals surface area contributed by atoms with E-state index in [4.69, 9.17) is 10.3 Å². The van der Waals surface area contributed by atoms with Gasteiger partial charge in [-0.15, -0.1) is 0 Å². The number of nitrogen functional groups attached to an aromatic ring is 1. The van der Waals surface area contributed by atoms with Crippen LogP contribution in [0.25, 0.3) is 22.8 Å². The maximum Gasteiger partial charge on any atom is 0.258 e. The molecule has 0 atom stereocenters. The number of aryl methyl sites for hydroxylation is 1. The molecular formula is C16H15N3O. The maximum absolute atomic E-state index is 5.93. The van der Waals surface area contributed by atoms with Crippen LogP contribution in [0.2, 0.25) is 0 Å². The summed E-state index contributed by atoms with van der Waals surface area (Å²) < 4.78 is 5.39. The minimum Gasteiger partial charge on any atom is -0.398 e. The molecule has 0 bridgehead atoms. The average Bonchev–Trinajstić information content (AvgIpc) is 2.97. The Morgan fingerprint density at radius 2 is 1.70 bits per heavy atom. The molecule has 2 aromatic carbocycles. The van der Waals surface area contributed by atoms with Gasteiger partial charge in [-0.05, 0) is 30.2 Å². The Morgan fingerprint density at radius 3 is 2.45 bits per heavy atom. The smallest absolute Gasteiger partial charge is 0.258 e. The summed E-state index contributed by atoms with van der Waals surface area (Å²) in [5.74, 6) is 1.05. The van der Waals surface area contributed by atoms with E-state index in [0.29, 0.717) is 17.4 Å². The third-order valence-electron chi connectivity index (χ3n) is 3.26. The molecule has 3 rings (SSSR count). The minimum absolute atomic E-state index is 0.518. The van der Waals surface area contributed by atoms with Gasteiger partial charge in [-0.2, -0.15) is 4.98 Å². The molecule has 0 spiro atoms. The van der Waals surface area contributed by atoms with Crippen LogP contribution in [0.4, 0.5) is 5.69 Å². The largest absolute Gasteiger partial charge is 0.398 e. The lowest BCUT2D eigenvalue weighted by atomic mass is 10.1. The molecule has 1 aromatic heterocycles. The second kappa shape index (κ2) is 5.17. The number of benzene rings is 2. The summed E-state index contributed by atoms with van der Waals surface area (Å²) in [4.78, 5) is 4.46. The quantitative estimate of drug-likeness (QED) is 0.735. The number of hydrogen-bond donors (Lipinski definition) is 1. The van der Waals surface area contributed by atoms with Crippen molar-refractivity contribution in [2.45, 2.75) is 13.3 Å². The highest BCUT2D eigenvalue weighted by molar-refractivity contribution is 5.72. The number of aromatic nitrogens is 2. The van der Waals surface area contributed by atoms with E-state index in [9.17, 15) is 0 Å². The van der Waals surface area contributed by atoms with Gasteiger partial charge in [-0.25, -0.2) is 0 Å². The molecule has 0 unspecified atom stereocenters. The first-order valence-electron chi connectivity index (χ1n) is 6.56. The molecule has 4 heteroatoms. The lowest BCUT2D eigenvalue weighted by molar-refractivity contribution is 0.432. The van der Waals surface area contributed by atoms with Gasteiger partial charge in [-0.1, -0.05) is 42.4 Å². The van der Waals surface area contributed by atoms with E-state index in [1.165, 1.54) is 5.56 Å². The first-order valence-corrected chi connectivity index (χ1v) is 6.56. The Balaban J connectivity index is 2.05. The SMILES string of the molecule is CCc1ccccc1-c1nc(-c2ccccc2N)no1. The van der Waals surface area contributed by atoms with Crippen LogP contribution in [0.15, 0.2) is 53.1 Å². The van der Waals surface area contributed by atoms with E-state index in [1.54, 1.807) is 0 Å². The molecule has 0 aliphatic carbocycles. The Hall–Kier alpha value is -2.62. The molecule has 100 valence electrons. The highest BCUT2D eigenvalue weighted by Gasteiger charge is 2.14. The first-order chi connectivity index (χ1) is 9.79. The second-order valence-corrected chi connectivity index (χ2v) is 4.52. The van der Waals surface area contributed by atoms with E-state index in [0.717, 1.165) is 17.5 Å². The molecule has 0 saturated carbocycles. The third-order valence-corrected chi connectivity index (χ3v) is 3.26. The summed E-state index contributed by atoms with van der Waals surface area (Å²) in [6.07, 6.45) is 0.918. The van der Waals surface area contributed by atoms with Crippen LogP contribution >= 0.6 is 0 Å². The Kier molecular flexibility index (Phi) is 3.21. The van der Waals surface area contributed by atoms with Crippen molar-refractivity contribution in [1.82, 2.24) is 10.1 Å². The van der Waals surface area contributed by atoms with Crippen molar-refractivity contribution >= 4 is 5.69 Å². The fourth-order valence-corrected chi connectivity index (χ4v) is 2.18. The van der Waals surface area contributed by atoms with Crippen LogP contribution in [-0.4, -0.2) is 10.1 Å². The Morgan fingerprint density at radius 1 is 1.00 bits per heavy atom. The van der Waals surface area contributed by atoms with Gasteiger partial charge in [0.1, 0.15) is 0 Å². The van der Waals surface area contributed by atoms with Crippen molar-refractivity contribution in [3.63, 3.8) is 0 Å². The molecule has 0 aliphatic heterocycles. The van der Waals surface area contributed by atoms with Gasteiger partial charge in [0.2, 0.25) is 5.82 Å². The van der Waals surface area contributed by atoms with Crippen LogP contribution in [-0.2, 0) is 6.42 Å². The Labute approximate surface area is 117 Å². The van der Waals surface area contributed by atoms with Crippen LogP contribution in [0.3, 0.4) is 0 Å². The number of nitrogens with two attached hydrogens (primary N) is 1. The Bertz CT molecular complexity index is 734. The topological polar surface area (TPSA) is 64.9 Å². The van der Waals surface area contributed by atoms with Gasteiger partial charge >= 0.3 is 0 Å². The molecule has 3 aromatic rings. The van der Waals surface area contributed by atoms with Crippen molar-refractivity contribution in [1.29, 1.82) is 0 Å². The molecule has 1 heterocycles. The highest BCUT2D eigenvalue weighted by atomic mass is 16.5. The molecular weight excluding hydrogens is 250 g/mol. The lowest BCUT2D eigenvalue weighted by Crippen LogP contribution is -1.91. The van der Waals surface area contributed by atoms with Crippen molar-refractivity contribution in [3.05, 3.63) is 54.1 Å². The van der Waals surface area contributed by atoms with E-state index < -0.39 is 0 Å². The fourth-order valence-electron chi connectivity index (χ4n) is 2.18. The van der Waals surface area contributed by atoms with E-state index in [-0.39, 0.29) is 0 Å². The zero-order chi connectivity index (χ0) is 13.9. The third kappa shape index (κ3) is 2.16. The molecule has 0 amide bonds. The van der Waals surface area contributed by atoms with Crippen LogP contribution in [0, 0.1) is 0 Å². The van der Waals surface area contributed by atoms with E-state index in [1.807, 2.05) is 42.5 Å². The minimum atomic E-state index is 0.518. The number of rotatable bonds is 3. The van der Waals surface area contributed by atoms with Crippen molar-refractivity contribution in [3.8, 4) is 22.8 Å². The molecule has 0 radical (unpaired) electrons. The second-order valence-electron chi connectivity index (χ2n) is 4.52. The molecule has 0 aliphatic rings. The summed E-state index contributed by atoms with van der Waals surface area (Å²) in [6, 6.07) is 15.5. The summed E-state index contributed by atoms with van der Waals surface area (Å²) in [7, 11) is 0. The number of para-hydroxylation sites is 1. The lowest BCUT2D eigenvalue weighted by Gasteiger charge is -2.01. The monoisotopic (exact) mass is 265 g/mol. The summed E-state index contributed by atoms with van der Waals surface area (Å²) in [5, 5.41) is 4.03. The zero-order valence-electron chi connectivity index (χ0n) is 11.2. The predicted octanol–water partition coefficient (Wildman–Crippen LogP) is 3.55. The molecule has 0 saturated heterocycles.